The van der Waals surface area contributed by atoms with Crippen LogP contribution in [-0.4, -0.2) is 0 Å². The zero-order chi connectivity index (χ0) is 64.7. The molecule has 16 rings (SSSR count). The van der Waals surface area contributed by atoms with Crippen LogP contribution < -0.4 is 21.2 Å². The van der Waals surface area contributed by atoms with Crippen molar-refractivity contribution in [2.45, 2.75) is 0 Å². The molecule has 0 heterocycles. The molecule has 2 heteroatoms. The molecule has 98 heavy (non-hydrogen) atoms. The van der Waals surface area contributed by atoms with E-state index >= 15 is 0 Å². The van der Waals surface area contributed by atoms with Gasteiger partial charge >= 0.3 is 0 Å². The average Bonchev–Trinajstić information content (AvgIpc) is 0.683. The van der Waals surface area contributed by atoms with E-state index in [0.717, 1.165) is 89.0 Å². The Morgan fingerprint density at radius 3 is 0.378 bits per heavy atom. The fourth-order valence-corrected chi connectivity index (χ4v) is 20.0. The maximum atomic E-state index is 2.58. The van der Waals surface area contributed by atoms with Gasteiger partial charge in [-0.15, -0.1) is 0 Å². The van der Waals surface area contributed by atoms with Gasteiger partial charge in [0.1, 0.15) is 28.5 Å². The molecule has 0 saturated carbocycles. The quantitative estimate of drug-likeness (QED) is 0.0668. The Bertz CT molecular complexity index is 4660. The molecule has 16 aromatic carbocycles. The summed E-state index contributed by atoms with van der Waals surface area (Å²) in [5, 5.41) is 4.92. The van der Waals surface area contributed by atoms with Crippen molar-refractivity contribution >= 4 is 28.5 Å². The Balaban J connectivity index is 0.00000784. The predicted molar refractivity (Wildman–Crippen MR) is 416 cm³/mol. The van der Waals surface area contributed by atoms with E-state index in [-0.39, 0.29) is 20.4 Å². The number of hydrogen-bond acceptors (Lipinski definition) is 0. The van der Waals surface area contributed by atoms with Crippen LogP contribution in [0.5, 0.6) is 0 Å². The Kier molecular flexibility index (Phi) is 18.2. The van der Waals surface area contributed by atoms with Crippen molar-refractivity contribution in [1.29, 1.82) is 0 Å². The van der Waals surface area contributed by atoms with Crippen LogP contribution in [0.2, 0.25) is 0 Å². The molecule has 0 aromatic heterocycles. The Morgan fingerprint density at radius 1 is 0.112 bits per heavy atom. The van der Waals surface area contributed by atoms with Gasteiger partial charge in [0.2, 0.25) is 0 Å². The van der Waals surface area contributed by atoms with E-state index in [1.165, 1.54) is 65.7 Å². The first-order chi connectivity index (χ1) is 48.2. The Morgan fingerprint density at radius 2 is 0.235 bits per heavy atom. The molecule has 0 amide bonds. The normalized spacial score (nSPS) is 11.2. The van der Waals surface area contributed by atoms with Crippen LogP contribution in [-0.2, 0) is 20.4 Å². The van der Waals surface area contributed by atoms with Crippen molar-refractivity contribution in [1.82, 2.24) is 0 Å². The first-order valence-corrected chi connectivity index (χ1v) is 35.3. The molecule has 0 radical (unpaired) electrons. The average molecular weight is 1360 g/mol. The van der Waals surface area contributed by atoms with Gasteiger partial charge in [-0.05, 0) is 138 Å². The van der Waals surface area contributed by atoms with E-state index < -0.39 is 7.26 Å². The van der Waals surface area contributed by atoms with Crippen molar-refractivity contribution in [2.75, 3.05) is 0 Å². The van der Waals surface area contributed by atoms with Crippen molar-refractivity contribution in [3.8, 4) is 134 Å². The minimum Gasteiger partial charge on any atom is -0.0622 e. The van der Waals surface area contributed by atoms with E-state index in [9.17, 15) is 0 Å². The van der Waals surface area contributed by atoms with E-state index in [4.69, 9.17) is 0 Å². The van der Waals surface area contributed by atoms with Crippen LogP contribution in [0.1, 0.15) is 0 Å². The summed E-state index contributed by atoms with van der Waals surface area (Å²) in [6, 6.07) is 155. The molecule has 0 nitrogen and oxygen atoms in total. The summed E-state index contributed by atoms with van der Waals surface area (Å²) in [6.07, 6.45) is 0. The molecule has 16 aromatic rings. The van der Waals surface area contributed by atoms with E-state index in [0.29, 0.717) is 0 Å². The predicted octanol–water partition coefficient (Wildman–Crippen LogP) is 24.3. The molecule has 0 aliphatic heterocycles. The molecule has 0 N–H and O–H groups in total. The Labute approximate surface area is 590 Å². The van der Waals surface area contributed by atoms with Gasteiger partial charge in [0.25, 0.3) is 0 Å². The largest absolute Gasteiger partial charge is 0.147 e. The van der Waals surface area contributed by atoms with Crippen molar-refractivity contribution in [2.24, 2.45) is 0 Å². The maximum absolute atomic E-state index is 3.75. The number of rotatable bonds is 16. The molecule has 0 unspecified atom stereocenters. The second-order valence-electron chi connectivity index (χ2n) is 24.6. The third-order valence-electron chi connectivity index (χ3n) is 19.0. The molecule has 0 saturated heterocycles. The molecular formula is C96H68PPd+. The molecule has 0 spiro atoms. The van der Waals surface area contributed by atoms with Gasteiger partial charge in [-0.2, -0.15) is 0 Å². The minimum atomic E-state index is -3.75. The fraction of sp³-hybridized carbons (Fsp3) is 0. The fourth-order valence-electron chi connectivity index (χ4n) is 14.9. The number of hydrogen-bond donors (Lipinski definition) is 0. The van der Waals surface area contributed by atoms with Gasteiger partial charge in [-0.3, -0.25) is 0 Å². The zero-order valence-corrected chi connectivity index (χ0v) is 56.5. The van der Waals surface area contributed by atoms with Crippen LogP contribution in [0.15, 0.2) is 413 Å². The van der Waals surface area contributed by atoms with E-state index in [2.05, 4.69) is 413 Å². The summed E-state index contributed by atoms with van der Waals surface area (Å²) >= 11 is 0. The molecule has 0 fully saturated rings. The summed E-state index contributed by atoms with van der Waals surface area (Å²) in [7, 11) is -3.75. The van der Waals surface area contributed by atoms with Gasteiger partial charge in [-0.1, -0.05) is 364 Å². The van der Waals surface area contributed by atoms with Crippen LogP contribution in [0, 0.1) is 0 Å². The third-order valence-corrected chi connectivity index (χ3v) is 23.4. The minimum absolute atomic E-state index is 0. The summed E-state index contributed by atoms with van der Waals surface area (Å²) < 4.78 is 0. The topological polar surface area (TPSA) is 0 Å². The summed E-state index contributed by atoms with van der Waals surface area (Å²) in [4.78, 5) is 0. The van der Waals surface area contributed by atoms with Crippen LogP contribution in [0.4, 0.5) is 0 Å². The molecule has 0 aliphatic carbocycles. The first-order valence-electron chi connectivity index (χ1n) is 33.5. The molecule has 0 bridgehead atoms. The van der Waals surface area contributed by atoms with E-state index in [1.807, 2.05) is 0 Å². The van der Waals surface area contributed by atoms with Gasteiger partial charge in [0, 0.05) is 64.9 Å². The summed E-state index contributed by atoms with van der Waals surface area (Å²) in [5.41, 5.74) is 27.6. The van der Waals surface area contributed by atoms with Crippen molar-refractivity contribution < 1.29 is 20.4 Å². The molecular weight excluding hydrogens is 1290 g/mol. The van der Waals surface area contributed by atoms with Gasteiger partial charge in [0.05, 0.1) is 0 Å². The van der Waals surface area contributed by atoms with Crippen molar-refractivity contribution in [3.63, 3.8) is 0 Å². The van der Waals surface area contributed by atoms with E-state index in [1.54, 1.807) is 0 Å². The van der Waals surface area contributed by atoms with Crippen LogP contribution in [0.25, 0.3) is 134 Å². The van der Waals surface area contributed by atoms with Crippen LogP contribution >= 0.6 is 7.26 Å². The van der Waals surface area contributed by atoms with Crippen LogP contribution in [0.3, 0.4) is 0 Å². The SMILES string of the molecule is [Pd].c1ccc(-c2ccc([P+](c3ccc(-c4ccccc4)c(-c4ccccc4)c3-c3ccccc3)(c3ccc(-c4ccccc4)c(-c4ccccc4)c3-c3ccccc3)c3ccc(-c4ccccc4)c(-c4ccccc4)c3-c3ccccc3)c(-c3ccccc3)c2-c2ccccc2)cc1. The standard InChI is InChI=1S/C96H68P.Pd/c1-13-37-69(38-14-1)81-61-65-85(93(77-53-29-9-30-54-77)89(81)73-45-21-5-22-46-73)97(86-66-62-82(70-39-15-2-16-40-70)90(74-47-23-6-24-48-74)94(86)78-55-31-10-32-56-78,87-67-63-83(71-41-17-3-18-42-71)91(75-49-25-7-26-50-75)95(87)79-57-33-11-34-58-79)88-68-64-84(72-43-19-4-20-44-72)92(76-51-27-8-28-52-76)96(88)80-59-35-12-36-60-80;/h1-68H;/q+1;. The monoisotopic (exact) mass is 1360 g/mol. The number of benzene rings is 16. The third kappa shape index (κ3) is 11.7. The molecule has 466 valence electrons. The smallest absolute Gasteiger partial charge is 0.0622 e. The van der Waals surface area contributed by atoms with Gasteiger partial charge in [-0.25, -0.2) is 0 Å². The second kappa shape index (κ2) is 28.5. The van der Waals surface area contributed by atoms with Gasteiger partial charge < -0.3 is 0 Å². The summed E-state index contributed by atoms with van der Waals surface area (Å²) in [5.74, 6) is 0. The van der Waals surface area contributed by atoms with Gasteiger partial charge in [0.15, 0.2) is 0 Å². The Hall–Kier alpha value is -11.4. The maximum Gasteiger partial charge on any atom is 0.147 e. The zero-order valence-electron chi connectivity index (χ0n) is 54.0. The molecule has 0 aliphatic rings. The second-order valence-corrected chi connectivity index (χ2v) is 27.9. The summed E-state index contributed by atoms with van der Waals surface area (Å²) in [6.45, 7) is 0. The molecule has 0 atom stereocenters. The first kappa shape index (κ1) is 62.7. The van der Waals surface area contributed by atoms with Crippen molar-refractivity contribution in [3.05, 3.63) is 413 Å².